The van der Waals surface area contributed by atoms with Gasteiger partial charge in [0.1, 0.15) is 0 Å². The number of aryl methyl sites for hydroxylation is 2. The number of esters is 1. The van der Waals surface area contributed by atoms with Gasteiger partial charge in [0.05, 0.1) is 18.9 Å². The molecule has 1 aromatic rings. The highest BCUT2D eigenvalue weighted by Gasteiger charge is 2.37. The highest BCUT2D eigenvalue weighted by Crippen LogP contribution is 2.31. The summed E-state index contributed by atoms with van der Waals surface area (Å²) >= 11 is 0. The Bertz CT molecular complexity index is 746. The zero-order valence-electron chi connectivity index (χ0n) is 16.4. The molecule has 1 fully saturated rings. The first kappa shape index (κ1) is 19.4. The Hall–Kier alpha value is -2.37. The first-order chi connectivity index (χ1) is 12.9. The van der Waals surface area contributed by atoms with Gasteiger partial charge in [-0.05, 0) is 49.4 Å². The zero-order chi connectivity index (χ0) is 19.6. The molecule has 0 spiro atoms. The Morgan fingerprint density at radius 2 is 2.04 bits per heavy atom. The number of anilines is 1. The van der Waals surface area contributed by atoms with Gasteiger partial charge in [0.15, 0.2) is 0 Å². The number of nitrogens with zero attached hydrogens (tertiary/aromatic N) is 2. The standard InChI is InChI=1S/C21H28N2O4/c1-4-22(12-14(2)21(26)27-3)20(25)17-11-19(24)23(13-17)18-9-8-15-6-5-7-16(15)10-18/h8-10,14,17H,4-7,11-13H2,1-3H3. The molecule has 2 unspecified atom stereocenters. The first-order valence-corrected chi connectivity index (χ1v) is 9.73. The van der Waals surface area contributed by atoms with E-state index in [0.29, 0.717) is 19.6 Å². The fourth-order valence-corrected chi connectivity index (χ4v) is 4.09. The van der Waals surface area contributed by atoms with Crippen LogP contribution in [0.15, 0.2) is 18.2 Å². The van der Waals surface area contributed by atoms with Crippen molar-refractivity contribution in [2.75, 3.05) is 31.6 Å². The van der Waals surface area contributed by atoms with Gasteiger partial charge in [-0.3, -0.25) is 14.4 Å². The summed E-state index contributed by atoms with van der Waals surface area (Å²) in [5.74, 6) is -1.16. The summed E-state index contributed by atoms with van der Waals surface area (Å²) in [7, 11) is 1.35. The predicted molar refractivity (Wildman–Crippen MR) is 102 cm³/mol. The molecule has 1 heterocycles. The second-order valence-electron chi connectivity index (χ2n) is 7.51. The molecule has 0 radical (unpaired) electrons. The van der Waals surface area contributed by atoms with Crippen molar-refractivity contribution in [3.8, 4) is 0 Å². The third-order valence-corrected chi connectivity index (χ3v) is 5.66. The number of carbonyl (C=O) groups excluding carboxylic acids is 3. The predicted octanol–water partition coefficient (Wildman–Crippen LogP) is 2.19. The number of fused-ring (bicyclic) bond motifs is 1. The maximum absolute atomic E-state index is 12.9. The fourth-order valence-electron chi connectivity index (χ4n) is 4.09. The molecule has 0 aromatic heterocycles. The molecule has 146 valence electrons. The molecule has 0 N–H and O–H groups in total. The molecule has 6 heteroatoms. The van der Waals surface area contributed by atoms with E-state index >= 15 is 0 Å². The topological polar surface area (TPSA) is 66.9 Å². The van der Waals surface area contributed by atoms with Gasteiger partial charge in [-0.1, -0.05) is 13.0 Å². The Morgan fingerprint density at radius 3 is 2.74 bits per heavy atom. The van der Waals surface area contributed by atoms with Crippen LogP contribution in [0.2, 0.25) is 0 Å². The second kappa shape index (κ2) is 8.11. The smallest absolute Gasteiger partial charge is 0.310 e. The zero-order valence-corrected chi connectivity index (χ0v) is 16.4. The Morgan fingerprint density at radius 1 is 1.30 bits per heavy atom. The van der Waals surface area contributed by atoms with Gasteiger partial charge in [0, 0.05) is 31.7 Å². The first-order valence-electron chi connectivity index (χ1n) is 9.73. The molecule has 27 heavy (non-hydrogen) atoms. The summed E-state index contributed by atoms with van der Waals surface area (Å²) in [4.78, 5) is 40.5. The molecule has 1 aliphatic heterocycles. The van der Waals surface area contributed by atoms with E-state index in [4.69, 9.17) is 4.74 Å². The largest absolute Gasteiger partial charge is 0.469 e. The van der Waals surface area contributed by atoms with Crippen molar-refractivity contribution in [1.29, 1.82) is 0 Å². The normalized spacial score (nSPS) is 19.7. The molecule has 0 saturated carbocycles. The SMILES string of the molecule is CCN(CC(C)C(=O)OC)C(=O)C1CC(=O)N(c2ccc3c(c2)CCC3)C1. The van der Waals surface area contributed by atoms with Crippen LogP contribution in [0.5, 0.6) is 0 Å². The molecule has 2 amide bonds. The third kappa shape index (κ3) is 3.99. The minimum absolute atomic E-state index is 0.0108. The Balaban J connectivity index is 1.68. The number of amides is 2. The van der Waals surface area contributed by atoms with E-state index in [-0.39, 0.29) is 36.0 Å². The summed E-state index contributed by atoms with van der Waals surface area (Å²) < 4.78 is 4.75. The fraction of sp³-hybridized carbons (Fsp3) is 0.571. The van der Waals surface area contributed by atoms with Gasteiger partial charge in [-0.15, -0.1) is 0 Å². The number of hydrogen-bond acceptors (Lipinski definition) is 4. The van der Waals surface area contributed by atoms with Gasteiger partial charge >= 0.3 is 5.97 Å². The van der Waals surface area contributed by atoms with Gasteiger partial charge in [-0.2, -0.15) is 0 Å². The minimum Gasteiger partial charge on any atom is -0.469 e. The maximum Gasteiger partial charge on any atom is 0.310 e. The van der Waals surface area contributed by atoms with Crippen LogP contribution < -0.4 is 4.90 Å². The summed E-state index contributed by atoms with van der Waals surface area (Å²) in [6.07, 6.45) is 3.55. The number of methoxy groups -OCH3 is 1. The van der Waals surface area contributed by atoms with E-state index in [2.05, 4.69) is 12.1 Å². The monoisotopic (exact) mass is 372 g/mol. The average molecular weight is 372 g/mol. The lowest BCUT2D eigenvalue weighted by molar-refractivity contribution is -0.147. The van der Waals surface area contributed by atoms with Crippen LogP contribution in [-0.4, -0.2) is 49.4 Å². The Labute approximate surface area is 160 Å². The van der Waals surface area contributed by atoms with Crippen LogP contribution in [0.25, 0.3) is 0 Å². The Kier molecular flexibility index (Phi) is 5.82. The average Bonchev–Trinajstić information content (AvgIpc) is 3.30. The summed E-state index contributed by atoms with van der Waals surface area (Å²) in [5.41, 5.74) is 3.58. The molecular weight excluding hydrogens is 344 g/mol. The van der Waals surface area contributed by atoms with E-state index in [1.165, 1.54) is 18.2 Å². The van der Waals surface area contributed by atoms with Crippen LogP contribution in [0.3, 0.4) is 0 Å². The van der Waals surface area contributed by atoms with Crippen LogP contribution in [0, 0.1) is 11.8 Å². The maximum atomic E-state index is 12.9. The van der Waals surface area contributed by atoms with Crippen LogP contribution in [0.4, 0.5) is 5.69 Å². The van der Waals surface area contributed by atoms with Crippen LogP contribution in [0.1, 0.15) is 37.8 Å². The van der Waals surface area contributed by atoms with Crippen LogP contribution in [-0.2, 0) is 32.0 Å². The highest BCUT2D eigenvalue weighted by molar-refractivity contribution is 6.00. The number of rotatable bonds is 6. The van der Waals surface area contributed by atoms with E-state index in [1.807, 2.05) is 13.0 Å². The van der Waals surface area contributed by atoms with Crippen molar-refractivity contribution in [1.82, 2.24) is 4.90 Å². The van der Waals surface area contributed by atoms with E-state index in [0.717, 1.165) is 24.9 Å². The molecule has 2 aliphatic rings. The molecule has 6 nitrogen and oxygen atoms in total. The quantitative estimate of drug-likeness (QED) is 0.718. The summed E-state index contributed by atoms with van der Waals surface area (Å²) in [6, 6.07) is 6.20. The number of hydrogen-bond donors (Lipinski definition) is 0. The van der Waals surface area contributed by atoms with Crippen LogP contribution >= 0.6 is 0 Å². The molecule has 2 atom stereocenters. The van der Waals surface area contributed by atoms with Crippen molar-refractivity contribution in [3.63, 3.8) is 0 Å². The molecule has 0 bridgehead atoms. The summed E-state index contributed by atoms with van der Waals surface area (Å²) in [5, 5.41) is 0. The molecule has 3 rings (SSSR count). The van der Waals surface area contributed by atoms with Crippen molar-refractivity contribution in [2.24, 2.45) is 11.8 Å². The van der Waals surface area contributed by atoms with Gasteiger partial charge in [0.25, 0.3) is 0 Å². The molecule has 1 saturated heterocycles. The van der Waals surface area contributed by atoms with Gasteiger partial charge in [-0.25, -0.2) is 0 Å². The van der Waals surface area contributed by atoms with E-state index in [1.54, 1.807) is 16.7 Å². The van der Waals surface area contributed by atoms with E-state index < -0.39 is 0 Å². The number of benzene rings is 1. The molecule has 1 aromatic carbocycles. The van der Waals surface area contributed by atoms with Crippen molar-refractivity contribution >= 4 is 23.5 Å². The highest BCUT2D eigenvalue weighted by atomic mass is 16.5. The summed E-state index contributed by atoms with van der Waals surface area (Å²) in [6.45, 7) is 4.85. The van der Waals surface area contributed by atoms with Crippen molar-refractivity contribution in [2.45, 2.75) is 39.5 Å². The lowest BCUT2D eigenvalue weighted by Gasteiger charge is -2.26. The number of ether oxygens (including phenoxy) is 1. The minimum atomic E-state index is -0.385. The number of carbonyl (C=O) groups is 3. The molecule has 1 aliphatic carbocycles. The van der Waals surface area contributed by atoms with Gasteiger partial charge < -0.3 is 14.5 Å². The van der Waals surface area contributed by atoms with Gasteiger partial charge in [0.2, 0.25) is 11.8 Å². The third-order valence-electron chi connectivity index (χ3n) is 5.66. The lowest BCUT2D eigenvalue weighted by Crippen LogP contribution is -2.41. The van der Waals surface area contributed by atoms with E-state index in [9.17, 15) is 14.4 Å². The van der Waals surface area contributed by atoms with Crippen molar-refractivity contribution < 1.29 is 19.1 Å². The second-order valence-corrected chi connectivity index (χ2v) is 7.51. The lowest BCUT2D eigenvalue weighted by atomic mass is 10.1. The van der Waals surface area contributed by atoms with Crippen molar-refractivity contribution in [3.05, 3.63) is 29.3 Å². The molecular formula is C21H28N2O4.